The second kappa shape index (κ2) is 10.5. The molecule has 30 heavy (non-hydrogen) atoms. The van der Waals surface area contributed by atoms with Crippen molar-refractivity contribution in [2.45, 2.75) is 38.6 Å². The van der Waals surface area contributed by atoms with Gasteiger partial charge in [-0.1, -0.05) is 19.9 Å². The normalized spacial score (nSPS) is 12.5. The third-order valence-corrected chi connectivity index (χ3v) is 5.98. The third-order valence-electron chi connectivity index (χ3n) is 4.54. The van der Waals surface area contributed by atoms with Gasteiger partial charge in [0.2, 0.25) is 10.0 Å². The van der Waals surface area contributed by atoms with E-state index in [1.165, 1.54) is 26.4 Å². The molecule has 166 valence electrons. The molecule has 0 heterocycles. The zero-order valence-electron chi connectivity index (χ0n) is 18.4. The number of nitrogens with one attached hydrogen (secondary N) is 1. The highest BCUT2D eigenvalue weighted by molar-refractivity contribution is 7.89. The van der Waals surface area contributed by atoms with Crippen molar-refractivity contribution in [3.63, 3.8) is 0 Å². The number of rotatable bonds is 11. The summed E-state index contributed by atoms with van der Waals surface area (Å²) in [6, 6.07) is 9.54. The summed E-state index contributed by atoms with van der Waals surface area (Å²) in [7, 11) is -0.846. The first kappa shape index (κ1) is 23.8. The number of hydrogen-bond acceptors (Lipinski definition) is 6. The van der Waals surface area contributed by atoms with Crippen LogP contribution in [0, 0.1) is 5.92 Å². The predicted molar refractivity (Wildman–Crippen MR) is 116 cm³/mol. The minimum absolute atomic E-state index is 0.00709. The van der Waals surface area contributed by atoms with Crippen molar-refractivity contribution < 1.29 is 27.4 Å². The van der Waals surface area contributed by atoms with E-state index in [2.05, 4.69) is 4.72 Å². The Labute approximate surface area is 179 Å². The van der Waals surface area contributed by atoms with Crippen LogP contribution in [0.4, 0.5) is 0 Å². The van der Waals surface area contributed by atoms with Gasteiger partial charge in [-0.05, 0) is 49.6 Å². The van der Waals surface area contributed by atoms with Crippen molar-refractivity contribution in [1.82, 2.24) is 4.72 Å². The summed E-state index contributed by atoms with van der Waals surface area (Å²) in [5.74, 6) is 2.03. The Kier molecular flexibility index (Phi) is 8.37. The summed E-state index contributed by atoms with van der Waals surface area (Å²) in [5.41, 5.74) is 0.793. The van der Waals surface area contributed by atoms with E-state index in [9.17, 15) is 8.42 Å². The van der Waals surface area contributed by atoms with Crippen LogP contribution < -0.4 is 23.7 Å². The molecule has 1 N–H and O–H groups in total. The second-order valence-corrected chi connectivity index (χ2v) is 8.65. The lowest BCUT2D eigenvalue weighted by molar-refractivity contribution is 0.287. The van der Waals surface area contributed by atoms with Crippen LogP contribution in [-0.2, 0) is 10.0 Å². The number of benzene rings is 2. The molecule has 0 radical (unpaired) electrons. The molecule has 0 amide bonds. The lowest BCUT2D eigenvalue weighted by Gasteiger charge is -2.24. The van der Waals surface area contributed by atoms with Gasteiger partial charge in [-0.15, -0.1) is 0 Å². The van der Waals surface area contributed by atoms with E-state index >= 15 is 0 Å². The molecule has 0 aliphatic rings. The summed E-state index contributed by atoms with van der Waals surface area (Å²) in [5, 5.41) is 0. The molecular weight excluding hydrogens is 406 g/mol. The summed E-state index contributed by atoms with van der Waals surface area (Å²) >= 11 is 0. The van der Waals surface area contributed by atoms with Gasteiger partial charge in [-0.3, -0.25) is 0 Å². The molecule has 7 nitrogen and oxygen atoms in total. The standard InChI is InChI=1S/C22H31NO6S/c1-7-28-19-11-9-16(13-21(19)29-8-2)22(15(3)4)23-30(24,25)17-10-12-18(26-5)20(14-17)27-6/h9-15,22-23H,7-8H2,1-6H3/t22-/m0/s1. The van der Waals surface area contributed by atoms with Gasteiger partial charge in [-0.2, -0.15) is 0 Å². The van der Waals surface area contributed by atoms with Gasteiger partial charge in [0.25, 0.3) is 0 Å². The molecule has 0 saturated heterocycles. The second-order valence-electron chi connectivity index (χ2n) is 6.93. The maximum absolute atomic E-state index is 13.1. The molecule has 1 atom stereocenters. The van der Waals surface area contributed by atoms with Gasteiger partial charge in [0.05, 0.1) is 32.3 Å². The fraction of sp³-hybridized carbons (Fsp3) is 0.455. The highest BCUT2D eigenvalue weighted by Crippen LogP contribution is 2.34. The van der Waals surface area contributed by atoms with Crippen molar-refractivity contribution >= 4 is 10.0 Å². The molecule has 0 aliphatic heterocycles. The van der Waals surface area contributed by atoms with Crippen LogP contribution in [0.5, 0.6) is 23.0 Å². The fourth-order valence-corrected chi connectivity index (χ4v) is 4.46. The van der Waals surface area contributed by atoms with Crippen LogP contribution in [0.25, 0.3) is 0 Å². The molecule has 0 spiro atoms. The first-order chi connectivity index (χ1) is 14.3. The number of hydrogen-bond donors (Lipinski definition) is 1. The first-order valence-corrected chi connectivity index (χ1v) is 11.4. The Bertz CT molecular complexity index is 943. The van der Waals surface area contributed by atoms with E-state index in [-0.39, 0.29) is 10.8 Å². The molecule has 2 aromatic carbocycles. The van der Waals surface area contributed by atoms with Crippen LogP contribution >= 0.6 is 0 Å². The van der Waals surface area contributed by atoms with E-state index in [1.807, 2.05) is 45.9 Å². The van der Waals surface area contributed by atoms with E-state index in [4.69, 9.17) is 18.9 Å². The predicted octanol–water partition coefficient (Wildman–Crippen LogP) is 4.18. The highest BCUT2D eigenvalue weighted by atomic mass is 32.2. The van der Waals surface area contributed by atoms with E-state index in [0.717, 1.165) is 5.56 Å². The Morgan fingerprint density at radius 2 is 1.43 bits per heavy atom. The highest BCUT2D eigenvalue weighted by Gasteiger charge is 2.26. The summed E-state index contributed by atoms with van der Waals surface area (Å²) in [6.07, 6.45) is 0. The minimum atomic E-state index is -3.81. The molecule has 2 rings (SSSR count). The van der Waals surface area contributed by atoms with Crippen molar-refractivity contribution in [2.24, 2.45) is 5.92 Å². The maximum Gasteiger partial charge on any atom is 0.241 e. The van der Waals surface area contributed by atoms with Gasteiger partial charge in [-0.25, -0.2) is 13.1 Å². The van der Waals surface area contributed by atoms with Gasteiger partial charge in [0, 0.05) is 12.1 Å². The Morgan fingerprint density at radius 3 is 2.00 bits per heavy atom. The monoisotopic (exact) mass is 437 g/mol. The van der Waals surface area contributed by atoms with Crippen LogP contribution in [0.3, 0.4) is 0 Å². The number of ether oxygens (including phenoxy) is 4. The van der Waals surface area contributed by atoms with Gasteiger partial charge >= 0.3 is 0 Å². The number of methoxy groups -OCH3 is 2. The lowest BCUT2D eigenvalue weighted by Crippen LogP contribution is -2.32. The van der Waals surface area contributed by atoms with E-state index in [1.54, 1.807) is 6.07 Å². The Balaban J connectivity index is 2.40. The first-order valence-electron chi connectivity index (χ1n) is 9.91. The summed E-state index contributed by atoms with van der Waals surface area (Å²) in [4.78, 5) is 0.0989. The van der Waals surface area contributed by atoms with E-state index in [0.29, 0.717) is 36.2 Å². The number of sulfonamides is 1. The van der Waals surface area contributed by atoms with Crippen molar-refractivity contribution in [3.05, 3.63) is 42.0 Å². The fourth-order valence-electron chi connectivity index (χ4n) is 3.07. The molecule has 0 bridgehead atoms. The average Bonchev–Trinajstić information content (AvgIpc) is 2.73. The minimum Gasteiger partial charge on any atom is -0.493 e. The smallest absolute Gasteiger partial charge is 0.241 e. The molecule has 0 fully saturated rings. The third kappa shape index (κ3) is 5.58. The average molecular weight is 438 g/mol. The summed E-state index contributed by atoms with van der Waals surface area (Å²) in [6.45, 7) is 8.70. The molecule has 0 unspecified atom stereocenters. The van der Waals surface area contributed by atoms with Crippen LogP contribution in [0.2, 0.25) is 0 Å². The largest absolute Gasteiger partial charge is 0.493 e. The Hall–Kier alpha value is -2.45. The zero-order valence-corrected chi connectivity index (χ0v) is 19.2. The molecule has 2 aromatic rings. The molecule has 8 heteroatoms. The van der Waals surface area contributed by atoms with E-state index < -0.39 is 16.1 Å². The van der Waals surface area contributed by atoms with Crippen molar-refractivity contribution in [2.75, 3.05) is 27.4 Å². The van der Waals surface area contributed by atoms with Crippen LogP contribution in [0.1, 0.15) is 39.3 Å². The quantitative estimate of drug-likeness (QED) is 0.568. The molecule has 0 aromatic heterocycles. The topological polar surface area (TPSA) is 83.1 Å². The SMILES string of the molecule is CCOc1ccc([C@@H](NS(=O)(=O)c2ccc(OC)c(OC)c2)C(C)C)cc1OCC. The maximum atomic E-state index is 13.1. The Morgan fingerprint density at radius 1 is 0.833 bits per heavy atom. The van der Waals surface area contributed by atoms with Crippen molar-refractivity contribution in [1.29, 1.82) is 0 Å². The molecule has 0 aliphatic carbocycles. The van der Waals surface area contributed by atoms with Crippen LogP contribution in [-0.4, -0.2) is 35.9 Å². The van der Waals surface area contributed by atoms with Gasteiger partial charge in [0.15, 0.2) is 23.0 Å². The van der Waals surface area contributed by atoms with Gasteiger partial charge < -0.3 is 18.9 Å². The lowest BCUT2D eigenvalue weighted by atomic mass is 9.97. The van der Waals surface area contributed by atoms with Crippen molar-refractivity contribution in [3.8, 4) is 23.0 Å². The molecular formula is C22H31NO6S. The zero-order chi connectivity index (χ0) is 22.3. The van der Waals surface area contributed by atoms with Gasteiger partial charge in [0.1, 0.15) is 0 Å². The summed E-state index contributed by atoms with van der Waals surface area (Å²) < 4.78 is 50.8. The van der Waals surface area contributed by atoms with Crippen LogP contribution in [0.15, 0.2) is 41.3 Å². The molecule has 0 saturated carbocycles.